The number of carbonyl (C=O) groups excluding carboxylic acids is 3. The fourth-order valence-electron chi connectivity index (χ4n) is 3.44. The van der Waals surface area contributed by atoms with Gasteiger partial charge in [0.15, 0.2) is 0 Å². The zero-order valence-corrected chi connectivity index (χ0v) is 19.3. The minimum absolute atomic E-state index is 0.0476. The van der Waals surface area contributed by atoms with Crippen LogP contribution in [0.4, 0.5) is 5.69 Å². The van der Waals surface area contributed by atoms with Crippen LogP contribution < -0.4 is 5.32 Å². The number of halogens is 1. The molecule has 0 aliphatic carbocycles. The van der Waals surface area contributed by atoms with Crippen molar-refractivity contribution >= 4 is 46.8 Å². The molecule has 1 aliphatic heterocycles. The number of esters is 1. The van der Waals surface area contributed by atoms with Crippen LogP contribution in [0, 0.1) is 0 Å². The first kappa shape index (κ1) is 22.9. The van der Waals surface area contributed by atoms with Crippen LogP contribution in [0.1, 0.15) is 44.3 Å². The first-order valence-electron chi connectivity index (χ1n) is 10.3. The number of nitrogens with zero attached hydrogens (tertiary/aromatic N) is 1. The van der Waals surface area contributed by atoms with Gasteiger partial charge in [0.25, 0.3) is 5.91 Å². The maximum absolute atomic E-state index is 12.7. The predicted molar refractivity (Wildman–Crippen MR) is 126 cm³/mol. The molecule has 0 spiro atoms. The van der Waals surface area contributed by atoms with E-state index in [0.29, 0.717) is 23.5 Å². The van der Waals surface area contributed by atoms with Gasteiger partial charge in [0.05, 0.1) is 35.8 Å². The number of benzene rings is 2. The molecule has 3 aromatic rings. The SMILES string of the molecule is CCOC(=O)c1ccc(NC(=O)c2ccc(C3SCC(=O)N3Cc3ccco3)cc2)cc1Cl. The summed E-state index contributed by atoms with van der Waals surface area (Å²) in [5.74, 6) is 0.339. The van der Waals surface area contributed by atoms with Crippen LogP contribution in [0.2, 0.25) is 5.02 Å². The Bertz CT molecular complexity index is 1160. The molecule has 0 bridgehead atoms. The molecule has 2 aromatic carbocycles. The maximum atomic E-state index is 12.7. The Morgan fingerprint density at radius 1 is 1.21 bits per heavy atom. The Morgan fingerprint density at radius 3 is 2.67 bits per heavy atom. The molecular formula is C24H21ClN2O5S. The molecule has 7 nitrogen and oxygen atoms in total. The standard InChI is InChI=1S/C24H21ClN2O5S/c1-2-31-24(30)19-10-9-17(12-20(19)25)26-22(29)15-5-7-16(8-6-15)23-27(21(28)14-33-23)13-18-4-3-11-32-18/h3-12,23H,2,13-14H2,1H3,(H,26,29). The summed E-state index contributed by atoms with van der Waals surface area (Å²) >= 11 is 7.71. The van der Waals surface area contributed by atoms with Crippen LogP contribution in [0.15, 0.2) is 65.3 Å². The summed E-state index contributed by atoms with van der Waals surface area (Å²) in [5.41, 5.74) is 2.08. The molecule has 1 aromatic heterocycles. The summed E-state index contributed by atoms with van der Waals surface area (Å²) in [6.45, 7) is 2.36. The van der Waals surface area contributed by atoms with E-state index in [0.717, 1.165) is 11.3 Å². The summed E-state index contributed by atoms with van der Waals surface area (Å²) in [6.07, 6.45) is 1.59. The molecule has 0 saturated carbocycles. The summed E-state index contributed by atoms with van der Waals surface area (Å²) in [5, 5.41) is 2.83. The van der Waals surface area contributed by atoms with Crippen molar-refractivity contribution in [3.8, 4) is 0 Å². The van der Waals surface area contributed by atoms with E-state index in [4.69, 9.17) is 20.8 Å². The molecule has 1 unspecified atom stereocenters. The third-order valence-electron chi connectivity index (χ3n) is 5.05. The van der Waals surface area contributed by atoms with Crippen molar-refractivity contribution < 1.29 is 23.5 Å². The van der Waals surface area contributed by atoms with Crippen molar-refractivity contribution in [2.24, 2.45) is 0 Å². The summed E-state index contributed by atoms with van der Waals surface area (Å²) < 4.78 is 10.3. The van der Waals surface area contributed by atoms with Gasteiger partial charge in [0.1, 0.15) is 11.1 Å². The Morgan fingerprint density at radius 2 is 2.00 bits per heavy atom. The second kappa shape index (κ2) is 10.1. The van der Waals surface area contributed by atoms with Crippen LogP contribution in [0.5, 0.6) is 0 Å². The van der Waals surface area contributed by atoms with Gasteiger partial charge in [0.2, 0.25) is 5.91 Å². The largest absolute Gasteiger partial charge is 0.467 e. The summed E-state index contributed by atoms with van der Waals surface area (Å²) in [6, 6.07) is 15.4. The van der Waals surface area contributed by atoms with Crippen molar-refractivity contribution in [3.05, 3.63) is 88.3 Å². The molecule has 4 rings (SSSR count). The van der Waals surface area contributed by atoms with Crippen molar-refractivity contribution in [2.45, 2.75) is 18.8 Å². The minimum Gasteiger partial charge on any atom is -0.467 e. The lowest BCUT2D eigenvalue weighted by molar-refractivity contribution is -0.128. The zero-order chi connectivity index (χ0) is 23.4. The molecule has 2 heterocycles. The lowest BCUT2D eigenvalue weighted by atomic mass is 10.1. The molecule has 2 amide bonds. The highest BCUT2D eigenvalue weighted by molar-refractivity contribution is 8.00. The number of nitrogens with one attached hydrogen (secondary N) is 1. The van der Waals surface area contributed by atoms with E-state index in [1.807, 2.05) is 18.2 Å². The van der Waals surface area contributed by atoms with Crippen molar-refractivity contribution in [1.29, 1.82) is 0 Å². The van der Waals surface area contributed by atoms with Crippen LogP contribution in [-0.4, -0.2) is 35.0 Å². The Labute approximate surface area is 200 Å². The molecule has 33 heavy (non-hydrogen) atoms. The molecule has 1 N–H and O–H groups in total. The van der Waals surface area contributed by atoms with Crippen molar-refractivity contribution in [2.75, 3.05) is 17.7 Å². The molecular weight excluding hydrogens is 464 g/mol. The van der Waals surface area contributed by atoms with Crippen LogP contribution in [-0.2, 0) is 16.1 Å². The second-order valence-corrected chi connectivity index (χ2v) is 8.73. The third kappa shape index (κ3) is 5.23. The Kier molecular flexibility index (Phi) is 7.05. The Balaban J connectivity index is 1.43. The highest BCUT2D eigenvalue weighted by Gasteiger charge is 2.33. The van der Waals surface area contributed by atoms with Gasteiger partial charge in [-0.3, -0.25) is 9.59 Å². The van der Waals surface area contributed by atoms with E-state index in [9.17, 15) is 14.4 Å². The fraction of sp³-hybridized carbons (Fsp3) is 0.208. The van der Waals surface area contributed by atoms with E-state index in [1.165, 1.54) is 12.1 Å². The number of thioether (sulfide) groups is 1. The lowest BCUT2D eigenvalue weighted by Crippen LogP contribution is -2.27. The van der Waals surface area contributed by atoms with Gasteiger partial charge >= 0.3 is 5.97 Å². The van der Waals surface area contributed by atoms with Crippen molar-refractivity contribution in [1.82, 2.24) is 4.90 Å². The van der Waals surface area contributed by atoms with Gasteiger partial charge in [-0.05, 0) is 55.0 Å². The topological polar surface area (TPSA) is 88.8 Å². The molecule has 9 heteroatoms. The highest BCUT2D eigenvalue weighted by atomic mass is 35.5. The average Bonchev–Trinajstić information content (AvgIpc) is 3.44. The van der Waals surface area contributed by atoms with E-state index in [2.05, 4.69) is 5.32 Å². The number of hydrogen-bond donors (Lipinski definition) is 1. The van der Waals surface area contributed by atoms with E-state index in [-0.39, 0.29) is 34.4 Å². The van der Waals surface area contributed by atoms with E-state index >= 15 is 0 Å². The molecule has 1 atom stereocenters. The number of anilines is 1. The average molecular weight is 485 g/mol. The van der Waals surface area contributed by atoms with Gasteiger partial charge in [-0.25, -0.2) is 4.79 Å². The van der Waals surface area contributed by atoms with Gasteiger partial charge in [-0.15, -0.1) is 11.8 Å². The molecule has 1 saturated heterocycles. The number of amides is 2. The quantitative estimate of drug-likeness (QED) is 0.467. The van der Waals surface area contributed by atoms with E-state index in [1.54, 1.807) is 54.1 Å². The monoisotopic (exact) mass is 484 g/mol. The summed E-state index contributed by atoms with van der Waals surface area (Å²) in [7, 11) is 0. The van der Waals surface area contributed by atoms with Crippen LogP contribution >= 0.6 is 23.4 Å². The molecule has 1 aliphatic rings. The first-order chi connectivity index (χ1) is 16.0. The number of hydrogen-bond acceptors (Lipinski definition) is 6. The maximum Gasteiger partial charge on any atom is 0.339 e. The molecule has 1 fully saturated rings. The number of rotatable bonds is 7. The smallest absolute Gasteiger partial charge is 0.339 e. The third-order valence-corrected chi connectivity index (χ3v) is 6.62. The number of furan rings is 1. The number of carbonyl (C=O) groups is 3. The van der Waals surface area contributed by atoms with Crippen molar-refractivity contribution in [3.63, 3.8) is 0 Å². The number of ether oxygens (including phenoxy) is 1. The lowest BCUT2D eigenvalue weighted by Gasteiger charge is -2.23. The second-order valence-electron chi connectivity index (χ2n) is 7.26. The molecule has 170 valence electrons. The molecule has 0 radical (unpaired) electrons. The van der Waals surface area contributed by atoms with Gasteiger partial charge in [-0.1, -0.05) is 23.7 Å². The minimum atomic E-state index is -0.514. The van der Waals surface area contributed by atoms with E-state index < -0.39 is 5.97 Å². The van der Waals surface area contributed by atoms with Gasteiger partial charge < -0.3 is 19.4 Å². The zero-order valence-electron chi connectivity index (χ0n) is 17.7. The fourth-order valence-corrected chi connectivity index (χ4v) is 4.89. The predicted octanol–water partition coefficient (Wildman–Crippen LogP) is 5.14. The highest BCUT2D eigenvalue weighted by Crippen LogP contribution is 2.39. The first-order valence-corrected chi connectivity index (χ1v) is 11.7. The normalized spacial score (nSPS) is 15.5. The van der Waals surface area contributed by atoms with Crippen LogP contribution in [0.3, 0.4) is 0 Å². The van der Waals surface area contributed by atoms with Gasteiger partial charge in [0, 0.05) is 11.3 Å². The summed E-state index contributed by atoms with van der Waals surface area (Å²) in [4.78, 5) is 38.7. The van der Waals surface area contributed by atoms with Gasteiger partial charge in [-0.2, -0.15) is 0 Å². The Hall–Kier alpha value is -3.23. The van der Waals surface area contributed by atoms with Crippen LogP contribution in [0.25, 0.3) is 0 Å².